The van der Waals surface area contributed by atoms with E-state index < -0.39 is 6.10 Å². The second-order valence-electron chi connectivity index (χ2n) is 5.44. The van der Waals surface area contributed by atoms with Gasteiger partial charge in [0.2, 0.25) is 0 Å². The molecule has 4 nitrogen and oxygen atoms in total. The Morgan fingerprint density at radius 3 is 2.70 bits per heavy atom. The molecule has 0 heterocycles. The molecular formula is C15H21FN2O2. The van der Waals surface area contributed by atoms with Crippen LogP contribution in [0.25, 0.3) is 0 Å². The Morgan fingerprint density at radius 1 is 1.40 bits per heavy atom. The zero-order valence-corrected chi connectivity index (χ0v) is 11.6. The standard InChI is InChI=1S/C15H21FN2O2/c1-10-3-2-4-13(10)18-15(20)17-9-14(19)11-5-7-12(16)8-6-11/h5-8,10,13-14,19H,2-4,9H2,1H3,(H2,17,18,20). The van der Waals surface area contributed by atoms with Gasteiger partial charge in [-0.15, -0.1) is 0 Å². The average Bonchev–Trinajstić information content (AvgIpc) is 2.82. The van der Waals surface area contributed by atoms with E-state index in [9.17, 15) is 14.3 Å². The van der Waals surface area contributed by atoms with Gasteiger partial charge in [-0.3, -0.25) is 0 Å². The third-order valence-corrected chi connectivity index (χ3v) is 3.89. The molecule has 2 amide bonds. The van der Waals surface area contributed by atoms with E-state index in [1.807, 2.05) is 0 Å². The van der Waals surface area contributed by atoms with Crippen molar-refractivity contribution >= 4 is 6.03 Å². The van der Waals surface area contributed by atoms with Gasteiger partial charge in [-0.1, -0.05) is 25.5 Å². The Labute approximate surface area is 118 Å². The maximum Gasteiger partial charge on any atom is 0.315 e. The zero-order valence-electron chi connectivity index (χ0n) is 11.6. The SMILES string of the molecule is CC1CCCC1NC(=O)NCC(O)c1ccc(F)cc1. The van der Waals surface area contributed by atoms with Crippen LogP contribution < -0.4 is 10.6 Å². The molecule has 1 aliphatic carbocycles. The van der Waals surface area contributed by atoms with Gasteiger partial charge in [-0.05, 0) is 36.5 Å². The van der Waals surface area contributed by atoms with Gasteiger partial charge < -0.3 is 15.7 Å². The first-order valence-electron chi connectivity index (χ1n) is 7.04. The summed E-state index contributed by atoms with van der Waals surface area (Å²) in [6.45, 7) is 2.24. The molecule has 1 aromatic carbocycles. The molecule has 1 saturated carbocycles. The fourth-order valence-corrected chi connectivity index (χ4v) is 2.57. The molecular weight excluding hydrogens is 259 g/mol. The van der Waals surface area contributed by atoms with Gasteiger partial charge in [0.05, 0.1) is 6.10 Å². The molecule has 3 atom stereocenters. The molecule has 5 heteroatoms. The predicted octanol–water partition coefficient (Wildman–Crippen LogP) is 2.35. The molecule has 2 rings (SSSR count). The second-order valence-corrected chi connectivity index (χ2v) is 5.44. The number of hydrogen-bond acceptors (Lipinski definition) is 2. The van der Waals surface area contributed by atoms with Gasteiger partial charge in [0.25, 0.3) is 0 Å². The van der Waals surface area contributed by atoms with Gasteiger partial charge in [0, 0.05) is 12.6 Å². The molecule has 1 aliphatic rings. The fraction of sp³-hybridized carbons (Fsp3) is 0.533. The van der Waals surface area contributed by atoms with E-state index in [2.05, 4.69) is 17.6 Å². The molecule has 1 fully saturated rings. The third kappa shape index (κ3) is 3.93. The Balaban J connectivity index is 1.76. The number of hydrogen-bond donors (Lipinski definition) is 3. The van der Waals surface area contributed by atoms with Crippen molar-refractivity contribution in [2.24, 2.45) is 5.92 Å². The fourth-order valence-electron chi connectivity index (χ4n) is 2.57. The predicted molar refractivity (Wildman–Crippen MR) is 74.7 cm³/mol. The highest BCUT2D eigenvalue weighted by molar-refractivity contribution is 5.74. The number of amides is 2. The van der Waals surface area contributed by atoms with Crippen molar-refractivity contribution in [1.82, 2.24) is 10.6 Å². The van der Waals surface area contributed by atoms with Gasteiger partial charge in [-0.2, -0.15) is 0 Å². The summed E-state index contributed by atoms with van der Waals surface area (Å²) < 4.78 is 12.8. The van der Waals surface area contributed by atoms with Crippen molar-refractivity contribution in [2.45, 2.75) is 38.3 Å². The highest BCUT2D eigenvalue weighted by atomic mass is 19.1. The number of benzene rings is 1. The summed E-state index contributed by atoms with van der Waals surface area (Å²) in [5.41, 5.74) is 0.584. The van der Waals surface area contributed by atoms with E-state index in [0.717, 1.165) is 19.3 Å². The first-order chi connectivity index (χ1) is 9.56. The van der Waals surface area contributed by atoms with Gasteiger partial charge >= 0.3 is 6.03 Å². The van der Waals surface area contributed by atoms with Gasteiger partial charge in [0.15, 0.2) is 0 Å². The number of carbonyl (C=O) groups is 1. The van der Waals surface area contributed by atoms with Crippen LogP contribution >= 0.6 is 0 Å². The highest BCUT2D eigenvalue weighted by Crippen LogP contribution is 2.24. The topological polar surface area (TPSA) is 61.4 Å². The smallest absolute Gasteiger partial charge is 0.315 e. The van der Waals surface area contributed by atoms with E-state index >= 15 is 0 Å². The van der Waals surface area contributed by atoms with Crippen LogP contribution in [-0.2, 0) is 0 Å². The van der Waals surface area contributed by atoms with Crippen LogP contribution in [0.4, 0.5) is 9.18 Å². The first kappa shape index (κ1) is 14.8. The molecule has 0 aromatic heterocycles. The third-order valence-electron chi connectivity index (χ3n) is 3.89. The van der Waals surface area contributed by atoms with Crippen LogP contribution in [0.1, 0.15) is 37.9 Å². The summed E-state index contributed by atoms with van der Waals surface area (Å²) in [6, 6.07) is 5.57. The molecule has 0 radical (unpaired) electrons. The number of aliphatic hydroxyl groups excluding tert-OH is 1. The van der Waals surface area contributed by atoms with E-state index in [4.69, 9.17) is 0 Å². The molecule has 3 unspecified atom stereocenters. The van der Waals surface area contributed by atoms with Gasteiger partial charge in [-0.25, -0.2) is 9.18 Å². The van der Waals surface area contributed by atoms with E-state index in [-0.39, 0.29) is 24.4 Å². The highest BCUT2D eigenvalue weighted by Gasteiger charge is 2.24. The summed E-state index contributed by atoms with van der Waals surface area (Å²) in [6.07, 6.45) is 2.46. The van der Waals surface area contributed by atoms with E-state index in [1.54, 1.807) is 0 Å². The number of rotatable bonds is 4. The molecule has 0 bridgehead atoms. The van der Waals surface area contributed by atoms with E-state index in [1.165, 1.54) is 24.3 Å². The number of nitrogens with one attached hydrogen (secondary N) is 2. The molecule has 0 aliphatic heterocycles. The lowest BCUT2D eigenvalue weighted by atomic mass is 10.1. The van der Waals surface area contributed by atoms with Crippen LogP contribution in [0.2, 0.25) is 0 Å². The monoisotopic (exact) mass is 280 g/mol. The maximum atomic E-state index is 12.8. The van der Waals surface area contributed by atoms with Crippen molar-refractivity contribution in [2.75, 3.05) is 6.54 Å². The van der Waals surface area contributed by atoms with Crippen LogP contribution in [0, 0.1) is 11.7 Å². The van der Waals surface area contributed by atoms with Crippen LogP contribution in [0.5, 0.6) is 0 Å². The Morgan fingerprint density at radius 2 is 2.10 bits per heavy atom. The summed E-state index contributed by atoms with van der Waals surface area (Å²) >= 11 is 0. The molecule has 1 aromatic rings. The maximum absolute atomic E-state index is 12.8. The average molecular weight is 280 g/mol. The second kappa shape index (κ2) is 6.70. The van der Waals surface area contributed by atoms with Gasteiger partial charge in [0.1, 0.15) is 5.82 Å². The van der Waals surface area contributed by atoms with E-state index in [0.29, 0.717) is 11.5 Å². The zero-order chi connectivity index (χ0) is 14.5. The Hall–Kier alpha value is -1.62. The first-order valence-corrected chi connectivity index (χ1v) is 7.04. The summed E-state index contributed by atoms with van der Waals surface area (Å²) in [5.74, 6) is 0.157. The number of aliphatic hydroxyl groups is 1. The minimum Gasteiger partial charge on any atom is -0.387 e. The summed E-state index contributed by atoms with van der Waals surface area (Å²) in [5, 5.41) is 15.5. The molecule has 0 saturated heterocycles. The van der Waals surface area contributed by atoms with Crippen molar-refractivity contribution in [3.63, 3.8) is 0 Å². The largest absolute Gasteiger partial charge is 0.387 e. The van der Waals surface area contributed by atoms with Crippen molar-refractivity contribution in [1.29, 1.82) is 0 Å². The number of urea groups is 1. The quantitative estimate of drug-likeness (QED) is 0.793. The van der Waals surface area contributed by atoms with Crippen molar-refractivity contribution in [3.05, 3.63) is 35.6 Å². The normalized spacial score (nSPS) is 23.4. The lowest BCUT2D eigenvalue weighted by Gasteiger charge is -2.19. The lowest BCUT2D eigenvalue weighted by Crippen LogP contribution is -2.44. The molecule has 3 N–H and O–H groups in total. The number of carbonyl (C=O) groups excluding carboxylic acids is 1. The Bertz CT molecular complexity index is 450. The number of halogens is 1. The van der Waals surface area contributed by atoms with Crippen molar-refractivity contribution < 1.29 is 14.3 Å². The van der Waals surface area contributed by atoms with Crippen LogP contribution in [0.3, 0.4) is 0 Å². The minimum atomic E-state index is -0.831. The molecule has 20 heavy (non-hydrogen) atoms. The van der Waals surface area contributed by atoms with Crippen LogP contribution in [0.15, 0.2) is 24.3 Å². The molecule has 0 spiro atoms. The van der Waals surface area contributed by atoms with Crippen molar-refractivity contribution in [3.8, 4) is 0 Å². The summed E-state index contributed by atoms with van der Waals surface area (Å²) in [7, 11) is 0. The lowest BCUT2D eigenvalue weighted by molar-refractivity contribution is 0.172. The molecule has 110 valence electrons. The summed E-state index contributed by atoms with van der Waals surface area (Å²) in [4.78, 5) is 11.7. The Kier molecular flexibility index (Phi) is 4.95. The minimum absolute atomic E-state index is 0.110. The van der Waals surface area contributed by atoms with Crippen LogP contribution in [-0.4, -0.2) is 23.7 Å².